The molecule has 1 aliphatic heterocycles. The number of benzene rings is 1. The minimum Gasteiger partial charge on any atom is -0.378 e. The van der Waals surface area contributed by atoms with E-state index >= 15 is 0 Å². The molecule has 3 rings (SSSR count). The van der Waals surface area contributed by atoms with Crippen LogP contribution >= 0.6 is 0 Å². The SMILES string of the molecule is CCCCC(NC(=O)C1(NC(=O)N2CCOCC2)CCCCC1)C(=O)C(=O)NCc1cccc([N+](=O)[O-])c1. The summed E-state index contributed by atoms with van der Waals surface area (Å²) in [5, 5.41) is 19.2. The number of hydrogen-bond donors (Lipinski definition) is 3. The maximum absolute atomic E-state index is 13.6. The second-order valence-corrected chi connectivity index (χ2v) is 9.81. The summed E-state index contributed by atoms with van der Waals surface area (Å²) in [5.74, 6) is -2.13. The highest BCUT2D eigenvalue weighted by atomic mass is 16.6. The Morgan fingerprint density at radius 2 is 1.84 bits per heavy atom. The summed E-state index contributed by atoms with van der Waals surface area (Å²) >= 11 is 0. The molecule has 1 saturated heterocycles. The molecule has 2 aliphatic rings. The number of amides is 4. The fourth-order valence-electron chi connectivity index (χ4n) is 4.80. The van der Waals surface area contributed by atoms with Crippen molar-refractivity contribution in [3.8, 4) is 0 Å². The van der Waals surface area contributed by atoms with Crippen molar-refractivity contribution < 1.29 is 28.8 Å². The number of nitrogens with zero attached hydrogens (tertiary/aromatic N) is 2. The van der Waals surface area contributed by atoms with Crippen LogP contribution in [-0.2, 0) is 25.7 Å². The van der Waals surface area contributed by atoms with Gasteiger partial charge in [-0.1, -0.05) is 51.2 Å². The molecule has 2 fully saturated rings. The van der Waals surface area contributed by atoms with Crippen LogP contribution in [0.3, 0.4) is 0 Å². The van der Waals surface area contributed by atoms with Crippen molar-refractivity contribution in [2.75, 3.05) is 26.3 Å². The van der Waals surface area contributed by atoms with Gasteiger partial charge in [0.2, 0.25) is 11.7 Å². The summed E-state index contributed by atoms with van der Waals surface area (Å²) in [6, 6.07) is 4.39. The van der Waals surface area contributed by atoms with Crippen LogP contribution in [0.5, 0.6) is 0 Å². The Bertz CT molecular complexity index is 1020. The van der Waals surface area contributed by atoms with Gasteiger partial charge in [-0.05, 0) is 24.8 Å². The van der Waals surface area contributed by atoms with Gasteiger partial charge in [0.05, 0.1) is 24.2 Å². The summed E-state index contributed by atoms with van der Waals surface area (Å²) in [6.07, 6.45) is 5.00. The Morgan fingerprint density at radius 1 is 1.13 bits per heavy atom. The third-order valence-electron chi connectivity index (χ3n) is 7.05. The van der Waals surface area contributed by atoms with Crippen molar-refractivity contribution in [1.29, 1.82) is 0 Å². The number of nitro groups is 1. The van der Waals surface area contributed by atoms with Crippen LogP contribution in [0.2, 0.25) is 0 Å². The second kappa shape index (κ2) is 13.8. The lowest BCUT2D eigenvalue weighted by atomic mass is 9.80. The molecule has 4 amide bonds. The van der Waals surface area contributed by atoms with Crippen molar-refractivity contribution in [2.24, 2.45) is 0 Å². The highest BCUT2D eigenvalue weighted by Gasteiger charge is 2.43. The molecule has 1 heterocycles. The Balaban J connectivity index is 1.68. The predicted octanol–water partition coefficient (Wildman–Crippen LogP) is 2.20. The molecule has 0 aromatic heterocycles. The third kappa shape index (κ3) is 7.73. The van der Waals surface area contributed by atoms with Gasteiger partial charge in [-0.15, -0.1) is 0 Å². The van der Waals surface area contributed by atoms with E-state index in [1.807, 2.05) is 6.92 Å². The van der Waals surface area contributed by atoms with Gasteiger partial charge >= 0.3 is 6.03 Å². The smallest absolute Gasteiger partial charge is 0.318 e. The van der Waals surface area contributed by atoms with Gasteiger partial charge in [0, 0.05) is 31.8 Å². The zero-order chi connectivity index (χ0) is 27.5. The van der Waals surface area contributed by atoms with E-state index in [4.69, 9.17) is 4.74 Å². The molecule has 1 aliphatic carbocycles. The first-order valence-corrected chi connectivity index (χ1v) is 13.3. The van der Waals surface area contributed by atoms with Gasteiger partial charge in [0.1, 0.15) is 5.54 Å². The van der Waals surface area contributed by atoms with Crippen molar-refractivity contribution in [2.45, 2.75) is 76.4 Å². The summed E-state index contributed by atoms with van der Waals surface area (Å²) in [6.45, 7) is 3.62. The molecule has 208 valence electrons. The van der Waals surface area contributed by atoms with Crippen LogP contribution < -0.4 is 16.0 Å². The quantitative estimate of drug-likeness (QED) is 0.224. The summed E-state index contributed by atoms with van der Waals surface area (Å²) in [5.41, 5.74) is -0.799. The number of rotatable bonds is 11. The Labute approximate surface area is 222 Å². The number of urea groups is 1. The molecule has 0 spiro atoms. The first-order chi connectivity index (χ1) is 18.3. The number of ketones is 1. The van der Waals surface area contributed by atoms with E-state index < -0.39 is 34.1 Å². The lowest BCUT2D eigenvalue weighted by Gasteiger charge is -2.39. The van der Waals surface area contributed by atoms with Gasteiger partial charge < -0.3 is 25.6 Å². The molecular weight excluding hydrogens is 494 g/mol. The highest BCUT2D eigenvalue weighted by molar-refractivity contribution is 6.38. The van der Waals surface area contributed by atoms with Crippen LogP contribution in [0.25, 0.3) is 0 Å². The molecule has 12 heteroatoms. The van der Waals surface area contributed by atoms with E-state index in [1.54, 1.807) is 11.0 Å². The molecule has 12 nitrogen and oxygen atoms in total. The number of unbranched alkanes of at least 4 members (excludes halogenated alkanes) is 1. The number of Topliss-reactive ketones (excluding diaryl/α,β-unsaturated/α-hetero) is 1. The van der Waals surface area contributed by atoms with Crippen LogP contribution in [0.4, 0.5) is 10.5 Å². The molecule has 3 N–H and O–H groups in total. The standard InChI is InChI=1S/C26H37N5O7/c1-2-3-10-21(22(32)23(33)27-18-19-8-7-9-20(17-19)31(36)37)28-24(34)26(11-5-4-6-12-26)29-25(35)30-13-15-38-16-14-30/h7-9,17,21H,2-6,10-16,18H2,1H3,(H,27,33)(H,28,34)(H,29,35). The zero-order valence-electron chi connectivity index (χ0n) is 21.8. The molecule has 1 unspecified atom stereocenters. The Kier molecular flexibility index (Phi) is 10.6. The molecule has 38 heavy (non-hydrogen) atoms. The van der Waals surface area contributed by atoms with Crippen LogP contribution in [0.1, 0.15) is 63.9 Å². The molecular formula is C26H37N5O7. The largest absolute Gasteiger partial charge is 0.378 e. The van der Waals surface area contributed by atoms with Gasteiger partial charge in [-0.3, -0.25) is 24.5 Å². The van der Waals surface area contributed by atoms with E-state index in [0.29, 0.717) is 51.1 Å². The highest BCUT2D eigenvalue weighted by Crippen LogP contribution is 2.29. The average Bonchev–Trinajstić information content (AvgIpc) is 2.94. The van der Waals surface area contributed by atoms with E-state index in [-0.39, 0.29) is 24.7 Å². The number of non-ortho nitro benzene ring substituents is 1. The molecule has 1 aromatic carbocycles. The third-order valence-corrected chi connectivity index (χ3v) is 7.05. The van der Waals surface area contributed by atoms with Gasteiger partial charge in [0.15, 0.2) is 0 Å². The first-order valence-electron chi connectivity index (χ1n) is 13.3. The number of ether oxygens (including phenoxy) is 1. The Morgan fingerprint density at radius 3 is 2.50 bits per heavy atom. The van der Waals surface area contributed by atoms with Crippen LogP contribution in [0.15, 0.2) is 24.3 Å². The maximum atomic E-state index is 13.6. The summed E-state index contributed by atoms with van der Waals surface area (Å²) < 4.78 is 5.31. The predicted molar refractivity (Wildman–Crippen MR) is 138 cm³/mol. The number of carbonyl (C=O) groups is 4. The van der Waals surface area contributed by atoms with Gasteiger partial charge in [0.25, 0.3) is 11.6 Å². The topological polar surface area (TPSA) is 160 Å². The van der Waals surface area contributed by atoms with Crippen LogP contribution in [-0.4, -0.2) is 71.3 Å². The van der Waals surface area contributed by atoms with Gasteiger partial charge in [-0.2, -0.15) is 0 Å². The molecule has 1 atom stereocenters. The summed E-state index contributed by atoms with van der Waals surface area (Å²) in [7, 11) is 0. The average molecular weight is 532 g/mol. The van der Waals surface area contributed by atoms with Gasteiger partial charge in [-0.25, -0.2) is 4.79 Å². The minimum absolute atomic E-state index is 0.0692. The Hall–Kier alpha value is -3.54. The molecule has 0 radical (unpaired) electrons. The van der Waals surface area contributed by atoms with Crippen molar-refractivity contribution in [3.05, 3.63) is 39.9 Å². The second-order valence-electron chi connectivity index (χ2n) is 9.81. The minimum atomic E-state index is -1.15. The maximum Gasteiger partial charge on any atom is 0.318 e. The van der Waals surface area contributed by atoms with Crippen LogP contribution in [0, 0.1) is 10.1 Å². The fourth-order valence-corrected chi connectivity index (χ4v) is 4.80. The number of nitrogens with one attached hydrogen (secondary N) is 3. The molecule has 0 bridgehead atoms. The molecule has 1 aromatic rings. The van der Waals surface area contributed by atoms with Crippen molar-refractivity contribution in [1.82, 2.24) is 20.9 Å². The van der Waals surface area contributed by atoms with E-state index in [2.05, 4.69) is 16.0 Å². The fraction of sp³-hybridized carbons (Fsp3) is 0.615. The lowest BCUT2D eigenvalue weighted by Crippen LogP contribution is -2.64. The lowest BCUT2D eigenvalue weighted by molar-refractivity contribution is -0.384. The van der Waals surface area contributed by atoms with E-state index in [1.165, 1.54) is 18.2 Å². The van der Waals surface area contributed by atoms with Crippen molar-refractivity contribution >= 4 is 29.3 Å². The first kappa shape index (κ1) is 29.0. The molecule has 1 saturated carbocycles. The van der Waals surface area contributed by atoms with Crippen molar-refractivity contribution in [3.63, 3.8) is 0 Å². The summed E-state index contributed by atoms with van der Waals surface area (Å²) in [4.78, 5) is 64.5. The monoisotopic (exact) mass is 531 g/mol. The van der Waals surface area contributed by atoms with E-state index in [9.17, 15) is 29.3 Å². The van der Waals surface area contributed by atoms with E-state index in [0.717, 1.165) is 25.7 Å². The zero-order valence-corrected chi connectivity index (χ0v) is 21.8. The number of morpholine rings is 1. The number of hydrogen-bond acceptors (Lipinski definition) is 7. The normalized spacial score (nSPS) is 17.7. The number of carbonyl (C=O) groups excluding carboxylic acids is 4. The number of nitro benzene ring substituents is 1.